The lowest BCUT2D eigenvalue weighted by Crippen LogP contribution is -2.43. The molecule has 2 heteroatoms. The van der Waals surface area contributed by atoms with E-state index in [2.05, 4.69) is 26.0 Å². The van der Waals surface area contributed by atoms with Crippen LogP contribution in [-0.4, -0.2) is 11.7 Å². The van der Waals surface area contributed by atoms with E-state index in [1.807, 2.05) is 6.07 Å². The van der Waals surface area contributed by atoms with Crippen LogP contribution in [0.1, 0.15) is 42.1 Å². The Hall–Kier alpha value is -0.860. The molecule has 0 saturated heterocycles. The van der Waals surface area contributed by atoms with Crippen LogP contribution in [0.4, 0.5) is 0 Å². The molecule has 0 heterocycles. The molecule has 0 aliphatic heterocycles. The van der Waals surface area contributed by atoms with E-state index in [1.54, 1.807) is 0 Å². The molecular weight excluding hydrogens is 198 g/mol. The molecule has 0 aromatic heterocycles. The SMILES string of the molecule is Cc1cccc(C)c1C(O)C1(CN)CCC1. The molecule has 1 aromatic carbocycles. The Morgan fingerprint density at radius 2 is 1.88 bits per heavy atom. The number of rotatable bonds is 3. The highest BCUT2D eigenvalue weighted by Gasteiger charge is 2.43. The van der Waals surface area contributed by atoms with Gasteiger partial charge in [-0.2, -0.15) is 0 Å². The molecule has 1 fully saturated rings. The van der Waals surface area contributed by atoms with Gasteiger partial charge in [-0.05, 0) is 43.4 Å². The van der Waals surface area contributed by atoms with Crippen molar-refractivity contribution in [3.8, 4) is 0 Å². The van der Waals surface area contributed by atoms with E-state index in [0.717, 1.165) is 18.4 Å². The Kier molecular flexibility index (Phi) is 3.04. The standard InChI is InChI=1S/C14H21NO/c1-10-5-3-6-11(2)12(10)13(16)14(9-15)7-4-8-14/h3,5-6,13,16H,4,7-9,15H2,1-2H3. The predicted molar refractivity (Wildman–Crippen MR) is 66.2 cm³/mol. The lowest BCUT2D eigenvalue weighted by Gasteiger charge is -2.45. The molecule has 2 rings (SSSR count). The average Bonchev–Trinajstić information content (AvgIpc) is 2.16. The van der Waals surface area contributed by atoms with Gasteiger partial charge in [0.2, 0.25) is 0 Å². The third-order valence-corrected chi connectivity index (χ3v) is 4.15. The normalized spacial score (nSPS) is 20.2. The molecule has 2 nitrogen and oxygen atoms in total. The van der Waals surface area contributed by atoms with Crippen LogP contribution in [0.15, 0.2) is 18.2 Å². The molecular formula is C14H21NO. The molecule has 16 heavy (non-hydrogen) atoms. The molecule has 0 amide bonds. The molecule has 0 bridgehead atoms. The lowest BCUT2D eigenvalue weighted by molar-refractivity contribution is -0.0303. The summed E-state index contributed by atoms with van der Waals surface area (Å²) in [5.41, 5.74) is 9.23. The van der Waals surface area contributed by atoms with Crippen LogP contribution in [0.2, 0.25) is 0 Å². The summed E-state index contributed by atoms with van der Waals surface area (Å²) in [4.78, 5) is 0. The van der Waals surface area contributed by atoms with E-state index in [1.165, 1.54) is 17.5 Å². The van der Waals surface area contributed by atoms with Crippen molar-refractivity contribution in [1.82, 2.24) is 0 Å². The molecule has 1 unspecified atom stereocenters. The van der Waals surface area contributed by atoms with Crippen molar-refractivity contribution < 1.29 is 5.11 Å². The van der Waals surface area contributed by atoms with Gasteiger partial charge in [-0.15, -0.1) is 0 Å². The van der Waals surface area contributed by atoms with Gasteiger partial charge in [0.25, 0.3) is 0 Å². The maximum atomic E-state index is 10.6. The van der Waals surface area contributed by atoms with Gasteiger partial charge >= 0.3 is 0 Å². The molecule has 0 spiro atoms. The number of hydrogen-bond acceptors (Lipinski definition) is 2. The molecule has 1 aromatic rings. The lowest BCUT2D eigenvalue weighted by atomic mass is 9.63. The summed E-state index contributed by atoms with van der Waals surface area (Å²) in [6.07, 6.45) is 2.91. The highest BCUT2D eigenvalue weighted by molar-refractivity contribution is 5.36. The first-order valence-electron chi connectivity index (χ1n) is 6.05. The van der Waals surface area contributed by atoms with Crippen molar-refractivity contribution in [2.24, 2.45) is 11.1 Å². The van der Waals surface area contributed by atoms with Crippen LogP contribution in [0.5, 0.6) is 0 Å². The van der Waals surface area contributed by atoms with Crippen molar-refractivity contribution >= 4 is 0 Å². The fourth-order valence-electron chi connectivity index (χ4n) is 2.78. The fourth-order valence-corrected chi connectivity index (χ4v) is 2.78. The molecule has 3 N–H and O–H groups in total. The van der Waals surface area contributed by atoms with Gasteiger partial charge in [-0.25, -0.2) is 0 Å². The van der Waals surface area contributed by atoms with Crippen LogP contribution in [0, 0.1) is 19.3 Å². The van der Waals surface area contributed by atoms with Gasteiger partial charge in [0, 0.05) is 12.0 Å². The number of aliphatic hydroxyl groups is 1. The Morgan fingerprint density at radius 3 is 2.25 bits per heavy atom. The van der Waals surface area contributed by atoms with E-state index in [4.69, 9.17) is 5.73 Å². The Morgan fingerprint density at radius 1 is 1.31 bits per heavy atom. The highest BCUT2D eigenvalue weighted by atomic mass is 16.3. The zero-order valence-corrected chi connectivity index (χ0v) is 10.2. The third-order valence-electron chi connectivity index (χ3n) is 4.15. The van der Waals surface area contributed by atoms with E-state index in [-0.39, 0.29) is 5.41 Å². The highest BCUT2D eigenvalue weighted by Crippen LogP contribution is 2.50. The summed E-state index contributed by atoms with van der Waals surface area (Å²) in [7, 11) is 0. The Labute approximate surface area is 97.5 Å². The minimum atomic E-state index is -0.396. The predicted octanol–water partition coefficient (Wildman–Crippen LogP) is 2.47. The van der Waals surface area contributed by atoms with Crippen LogP contribution in [0.3, 0.4) is 0 Å². The van der Waals surface area contributed by atoms with Gasteiger partial charge in [-0.1, -0.05) is 24.6 Å². The number of aryl methyl sites for hydroxylation is 2. The zero-order valence-electron chi connectivity index (χ0n) is 10.2. The molecule has 1 saturated carbocycles. The smallest absolute Gasteiger partial charge is 0.0863 e. The first kappa shape index (κ1) is 11.6. The largest absolute Gasteiger partial charge is 0.388 e. The van der Waals surface area contributed by atoms with Crippen LogP contribution < -0.4 is 5.73 Å². The Bertz CT molecular complexity index is 357. The maximum Gasteiger partial charge on any atom is 0.0863 e. The summed E-state index contributed by atoms with van der Waals surface area (Å²) in [5, 5.41) is 10.6. The molecule has 1 aliphatic rings. The monoisotopic (exact) mass is 219 g/mol. The van der Waals surface area contributed by atoms with Crippen molar-refractivity contribution in [3.05, 3.63) is 34.9 Å². The van der Waals surface area contributed by atoms with E-state index >= 15 is 0 Å². The minimum absolute atomic E-state index is 0.0587. The second kappa shape index (κ2) is 4.19. The second-order valence-electron chi connectivity index (χ2n) is 5.13. The van der Waals surface area contributed by atoms with Gasteiger partial charge in [0.05, 0.1) is 6.10 Å². The number of nitrogens with two attached hydrogens (primary N) is 1. The second-order valence-corrected chi connectivity index (χ2v) is 5.13. The molecule has 88 valence electrons. The summed E-state index contributed by atoms with van der Waals surface area (Å²) in [5.74, 6) is 0. The molecule has 1 aliphatic carbocycles. The van der Waals surface area contributed by atoms with Crippen molar-refractivity contribution in [1.29, 1.82) is 0 Å². The molecule has 0 radical (unpaired) electrons. The van der Waals surface area contributed by atoms with Crippen molar-refractivity contribution in [3.63, 3.8) is 0 Å². The summed E-state index contributed by atoms with van der Waals surface area (Å²) >= 11 is 0. The van der Waals surface area contributed by atoms with E-state index in [0.29, 0.717) is 6.54 Å². The summed E-state index contributed by atoms with van der Waals surface area (Å²) in [6.45, 7) is 4.71. The summed E-state index contributed by atoms with van der Waals surface area (Å²) < 4.78 is 0. The number of benzene rings is 1. The quantitative estimate of drug-likeness (QED) is 0.820. The topological polar surface area (TPSA) is 46.2 Å². The zero-order chi connectivity index (χ0) is 11.8. The maximum absolute atomic E-state index is 10.6. The molecule has 1 atom stereocenters. The van der Waals surface area contributed by atoms with E-state index in [9.17, 15) is 5.11 Å². The van der Waals surface area contributed by atoms with Gasteiger partial charge in [0.1, 0.15) is 0 Å². The number of hydrogen-bond donors (Lipinski definition) is 2. The van der Waals surface area contributed by atoms with E-state index < -0.39 is 6.10 Å². The first-order valence-corrected chi connectivity index (χ1v) is 6.05. The van der Waals surface area contributed by atoms with Crippen LogP contribution >= 0.6 is 0 Å². The fraction of sp³-hybridized carbons (Fsp3) is 0.571. The summed E-state index contributed by atoms with van der Waals surface area (Å²) in [6, 6.07) is 6.17. The van der Waals surface area contributed by atoms with Gasteiger partial charge in [-0.3, -0.25) is 0 Å². The van der Waals surface area contributed by atoms with Gasteiger partial charge in [0.15, 0.2) is 0 Å². The Balaban J connectivity index is 2.36. The van der Waals surface area contributed by atoms with Crippen molar-refractivity contribution in [2.45, 2.75) is 39.2 Å². The minimum Gasteiger partial charge on any atom is -0.388 e. The number of aliphatic hydroxyl groups excluding tert-OH is 1. The van der Waals surface area contributed by atoms with Gasteiger partial charge < -0.3 is 10.8 Å². The van der Waals surface area contributed by atoms with Crippen LogP contribution in [-0.2, 0) is 0 Å². The first-order chi connectivity index (χ1) is 7.60. The average molecular weight is 219 g/mol. The van der Waals surface area contributed by atoms with Crippen LogP contribution in [0.25, 0.3) is 0 Å². The van der Waals surface area contributed by atoms with Crippen molar-refractivity contribution in [2.75, 3.05) is 6.54 Å². The third kappa shape index (κ3) is 1.66.